The number of nitrogens with two attached hydrogens (primary N) is 1. The van der Waals surface area contributed by atoms with Crippen LogP contribution in [0.5, 0.6) is 0 Å². The van der Waals surface area contributed by atoms with Crippen molar-refractivity contribution in [2.75, 3.05) is 20.2 Å². The topological polar surface area (TPSA) is 49.5 Å². The van der Waals surface area contributed by atoms with Crippen LogP contribution in [0, 0.1) is 0 Å². The van der Waals surface area contributed by atoms with E-state index in [2.05, 4.69) is 11.9 Å². The summed E-state index contributed by atoms with van der Waals surface area (Å²) in [5.74, 6) is 0. The maximum absolute atomic E-state index is 9.03. The summed E-state index contributed by atoms with van der Waals surface area (Å²) < 4.78 is 0. The van der Waals surface area contributed by atoms with E-state index >= 15 is 0 Å². The molecule has 0 aromatic heterocycles. The Morgan fingerprint density at radius 3 is 2.53 bits per heavy atom. The molecule has 90 valence electrons. The van der Waals surface area contributed by atoms with Crippen LogP contribution in [0.4, 0.5) is 0 Å². The highest BCUT2D eigenvalue weighted by molar-refractivity contribution is 4.79. The molecule has 3 heteroatoms. The predicted octanol–water partition coefficient (Wildman–Crippen LogP) is 1.35. The molecular weight excluding hydrogens is 188 g/mol. The SMILES string of the molecule is CN(CCCC(C)(N)CO)C1CCCC1. The number of aliphatic hydroxyl groups excluding tert-OH is 1. The lowest BCUT2D eigenvalue weighted by Crippen LogP contribution is -2.41. The van der Waals surface area contributed by atoms with Crippen LogP contribution >= 0.6 is 0 Å². The minimum Gasteiger partial charge on any atom is -0.394 e. The highest BCUT2D eigenvalue weighted by atomic mass is 16.3. The Balaban J connectivity index is 2.13. The Morgan fingerprint density at radius 2 is 2.00 bits per heavy atom. The Bertz CT molecular complexity index is 176. The van der Waals surface area contributed by atoms with Crippen molar-refractivity contribution in [3.63, 3.8) is 0 Å². The van der Waals surface area contributed by atoms with Gasteiger partial charge in [-0.15, -0.1) is 0 Å². The molecule has 1 unspecified atom stereocenters. The van der Waals surface area contributed by atoms with Crippen molar-refractivity contribution in [3.8, 4) is 0 Å². The lowest BCUT2D eigenvalue weighted by Gasteiger charge is -2.26. The van der Waals surface area contributed by atoms with Crippen LogP contribution in [0.15, 0.2) is 0 Å². The lowest BCUT2D eigenvalue weighted by molar-refractivity contribution is 0.183. The van der Waals surface area contributed by atoms with Crippen LogP contribution in [0.3, 0.4) is 0 Å². The van der Waals surface area contributed by atoms with E-state index in [9.17, 15) is 0 Å². The van der Waals surface area contributed by atoms with E-state index in [4.69, 9.17) is 10.8 Å². The van der Waals surface area contributed by atoms with Crippen molar-refractivity contribution >= 4 is 0 Å². The van der Waals surface area contributed by atoms with Crippen molar-refractivity contribution in [1.82, 2.24) is 4.90 Å². The van der Waals surface area contributed by atoms with Gasteiger partial charge in [-0.2, -0.15) is 0 Å². The summed E-state index contributed by atoms with van der Waals surface area (Å²) in [6.45, 7) is 3.11. The average Bonchev–Trinajstić information content (AvgIpc) is 2.70. The zero-order valence-corrected chi connectivity index (χ0v) is 10.2. The first-order valence-corrected chi connectivity index (χ1v) is 6.15. The summed E-state index contributed by atoms with van der Waals surface area (Å²) in [6.07, 6.45) is 7.48. The summed E-state index contributed by atoms with van der Waals surface area (Å²) in [4.78, 5) is 2.46. The molecule has 0 aromatic carbocycles. The number of aliphatic hydroxyl groups is 1. The molecule has 0 bridgehead atoms. The highest BCUT2D eigenvalue weighted by Gasteiger charge is 2.21. The summed E-state index contributed by atoms with van der Waals surface area (Å²) in [5, 5.41) is 9.03. The third-order valence-corrected chi connectivity index (χ3v) is 3.57. The standard InChI is InChI=1S/C12H26N2O/c1-12(13,10-15)8-5-9-14(2)11-6-3-4-7-11/h11,15H,3-10,13H2,1-2H3. The van der Waals surface area contributed by atoms with Gasteiger partial charge in [0.15, 0.2) is 0 Å². The molecule has 0 amide bonds. The molecule has 0 aromatic rings. The maximum atomic E-state index is 9.03. The second-order valence-corrected chi connectivity index (χ2v) is 5.33. The van der Waals surface area contributed by atoms with Gasteiger partial charge in [-0.05, 0) is 46.2 Å². The zero-order valence-electron chi connectivity index (χ0n) is 10.2. The fraction of sp³-hybridized carbons (Fsp3) is 1.00. The van der Waals surface area contributed by atoms with Crippen molar-refractivity contribution in [2.45, 2.75) is 57.0 Å². The zero-order chi connectivity index (χ0) is 11.3. The monoisotopic (exact) mass is 214 g/mol. The van der Waals surface area contributed by atoms with E-state index in [0.717, 1.165) is 25.4 Å². The second kappa shape index (κ2) is 5.83. The fourth-order valence-electron chi connectivity index (χ4n) is 2.34. The van der Waals surface area contributed by atoms with Crippen molar-refractivity contribution < 1.29 is 5.11 Å². The van der Waals surface area contributed by atoms with Crippen molar-refractivity contribution in [1.29, 1.82) is 0 Å². The second-order valence-electron chi connectivity index (χ2n) is 5.33. The molecule has 0 spiro atoms. The normalized spacial score (nSPS) is 22.2. The molecule has 1 fully saturated rings. The number of hydrogen-bond acceptors (Lipinski definition) is 3. The molecule has 0 aliphatic heterocycles. The van der Waals surface area contributed by atoms with Gasteiger partial charge < -0.3 is 15.7 Å². The number of hydrogen-bond donors (Lipinski definition) is 2. The van der Waals surface area contributed by atoms with E-state index in [1.54, 1.807) is 0 Å². The predicted molar refractivity (Wildman–Crippen MR) is 63.8 cm³/mol. The smallest absolute Gasteiger partial charge is 0.0608 e. The molecule has 1 atom stereocenters. The van der Waals surface area contributed by atoms with Crippen LogP contribution in [-0.4, -0.2) is 41.8 Å². The first-order valence-electron chi connectivity index (χ1n) is 6.15. The summed E-state index contributed by atoms with van der Waals surface area (Å²) in [5.41, 5.74) is 5.49. The third-order valence-electron chi connectivity index (χ3n) is 3.57. The van der Waals surface area contributed by atoms with Crippen LogP contribution in [-0.2, 0) is 0 Å². The minimum atomic E-state index is -0.392. The van der Waals surface area contributed by atoms with E-state index < -0.39 is 5.54 Å². The Morgan fingerprint density at radius 1 is 1.40 bits per heavy atom. The van der Waals surface area contributed by atoms with Crippen LogP contribution in [0.25, 0.3) is 0 Å². The van der Waals surface area contributed by atoms with Gasteiger partial charge in [0, 0.05) is 11.6 Å². The first kappa shape index (κ1) is 12.9. The fourth-order valence-corrected chi connectivity index (χ4v) is 2.34. The molecule has 15 heavy (non-hydrogen) atoms. The molecule has 3 N–H and O–H groups in total. The average molecular weight is 214 g/mol. The van der Waals surface area contributed by atoms with Gasteiger partial charge in [0.05, 0.1) is 6.61 Å². The van der Waals surface area contributed by atoms with Gasteiger partial charge in [0.25, 0.3) is 0 Å². The molecule has 0 heterocycles. The quantitative estimate of drug-likeness (QED) is 0.702. The maximum Gasteiger partial charge on any atom is 0.0608 e. The highest BCUT2D eigenvalue weighted by Crippen LogP contribution is 2.22. The van der Waals surface area contributed by atoms with E-state index in [1.165, 1.54) is 25.7 Å². The van der Waals surface area contributed by atoms with Crippen molar-refractivity contribution in [2.24, 2.45) is 5.73 Å². The van der Waals surface area contributed by atoms with E-state index in [-0.39, 0.29) is 6.61 Å². The summed E-state index contributed by atoms with van der Waals surface area (Å²) in [6, 6.07) is 0.795. The molecule has 1 aliphatic carbocycles. The Labute approximate surface area is 93.6 Å². The largest absolute Gasteiger partial charge is 0.394 e. The van der Waals surface area contributed by atoms with Gasteiger partial charge >= 0.3 is 0 Å². The molecule has 0 radical (unpaired) electrons. The third kappa shape index (κ3) is 4.49. The van der Waals surface area contributed by atoms with Gasteiger partial charge in [-0.3, -0.25) is 0 Å². The Hall–Kier alpha value is -0.120. The molecule has 1 aliphatic rings. The summed E-state index contributed by atoms with van der Waals surface area (Å²) in [7, 11) is 2.21. The molecule has 0 saturated heterocycles. The van der Waals surface area contributed by atoms with Crippen LogP contribution < -0.4 is 5.73 Å². The van der Waals surface area contributed by atoms with Gasteiger partial charge in [-0.25, -0.2) is 0 Å². The Kier molecular flexibility index (Phi) is 5.03. The molecule has 1 saturated carbocycles. The van der Waals surface area contributed by atoms with Crippen LogP contribution in [0.1, 0.15) is 45.4 Å². The van der Waals surface area contributed by atoms with Gasteiger partial charge in [0.2, 0.25) is 0 Å². The van der Waals surface area contributed by atoms with Crippen molar-refractivity contribution in [3.05, 3.63) is 0 Å². The molecular formula is C12H26N2O. The molecule has 3 nitrogen and oxygen atoms in total. The minimum absolute atomic E-state index is 0.0835. The number of rotatable bonds is 6. The lowest BCUT2D eigenvalue weighted by atomic mass is 9.98. The van der Waals surface area contributed by atoms with E-state index in [0.29, 0.717) is 0 Å². The first-order chi connectivity index (χ1) is 7.05. The summed E-state index contributed by atoms with van der Waals surface area (Å²) >= 11 is 0. The van der Waals surface area contributed by atoms with Gasteiger partial charge in [-0.1, -0.05) is 12.8 Å². The number of nitrogens with zero attached hydrogens (tertiary/aromatic N) is 1. The van der Waals surface area contributed by atoms with E-state index in [1.807, 2.05) is 6.92 Å². The molecule has 1 rings (SSSR count). The van der Waals surface area contributed by atoms with Crippen LogP contribution in [0.2, 0.25) is 0 Å². The van der Waals surface area contributed by atoms with Gasteiger partial charge in [0.1, 0.15) is 0 Å².